The Morgan fingerprint density at radius 1 is 1.29 bits per heavy atom. The molecule has 1 aliphatic rings. The molecule has 128 valence electrons. The minimum atomic E-state index is 0.260. The van der Waals surface area contributed by atoms with E-state index in [1.165, 1.54) is 13.0 Å². The van der Waals surface area contributed by atoms with Crippen molar-refractivity contribution in [2.45, 2.75) is 53.6 Å². The zero-order chi connectivity index (χ0) is 15.9. The van der Waals surface area contributed by atoms with Gasteiger partial charge in [-0.25, -0.2) is 0 Å². The van der Waals surface area contributed by atoms with E-state index in [1.807, 2.05) is 13.8 Å². The second kappa shape index (κ2) is 14.8. The maximum Gasteiger partial charge on any atom is 0.0935 e. The lowest BCUT2D eigenvalue weighted by Gasteiger charge is -2.33. The standard InChI is InChI=1S/C15H32N2O2.C2H6/c1-4-6-16-7-5-9-18-13-15-12-17(8-10-19-15)11-14(2)3;1-2/h14-16H,4-13H2,1-3H3;1-2H3. The van der Waals surface area contributed by atoms with E-state index >= 15 is 0 Å². The van der Waals surface area contributed by atoms with E-state index in [9.17, 15) is 0 Å². The summed E-state index contributed by atoms with van der Waals surface area (Å²) in [6.07, 6.45) is 2.54. The van der Waals surface area contributed by atoms with Crippen LogP contribution in [0.4, 0.5) is 0 Å². The molecular formula is C17H38N2O2. The van der Waals surface area contributed by atoms with Gasteiger partial charge in [0.2, 0.25) is 0 Å². The van der Waals surface area contributed by atoms with Crippen LogP contribution in [0, 0.1) is 5.92 Å². The molecule has 0 aromatic carbocycles. The van der Waals surface area contributed by atoms with Crippen LogP contribution in [0.25, 0.3) is 0 Å². The molecule has 1 unspecified atom stereocenters. The third kappa shape index (κ3) is 12.1. The molecule has 0 spiro atoms. The lowest BCUT2D eigenvalue weighted by Crippen LogP contribution is -2.45. The summed E-state index contributed by atoms with van der Waals surface area (Å²) < 4.78 is 11.5. The second-order valence-electron chi connectivity index (χ2n) is 5.82. The minimum absolute atomic E-state index is 0.260. The Labute approximate surface area is 132 Å². The van der Waals surface area contributed by atoms with Gasteiger partial charge in [0.15, 0.2) is 0 Å². The van der Waals surface area contributed by atoms with Crippen LogP contribution < -0.4 is 5.32 Å². The van der Waals surface area contributed by atoms with Crippen LogP contribution in [0.15, 0.2) is 0 Å². The topological polar surface area (TPSA) is 33.7 Å². The van der Waals surface area contributed by atoms with Gasteiger partial charge < -0.3 is 14.8 Å². The van der Waals surface area contributed by atoms with Gasteiger partial charge in [0.1, 0.15) is 0 Å². The van der Waals surface area contributed by atoms with Crippen molar-refractivity contribution in [3.63, 3.8) is 0 Å². The molecule has 1 atom stereocenters. The largest absolute Gasteiger partial charge is 0.379 e. The molecule has 1 rings (SSSR count). The molecule has 0 radical (unpaired) electrons. The number of ether oxygens (including phenoxy) is 2. The highest BCUT2D eigenvalue weighted by molar-refractivity contribution is 4.72. The first-order chi connectivity index (χ1) is 10.2. The lowest BCUT2D eigenvalue weighted by molar-refractivity contribution is -0.0711. The predicted molar refractivity (Wildman–Crippen MR) is 91.0 cm³/mol. The van der Waals surface area contributed by atoms with Gasteiger partial charge in [0.05, 0.1) is 19.3 Å². The summed E-state index contributed by atoms with van der Waals surface area (Å²) in [5.41, 5.74) is 0. The Kier molecular flexibility index (Phi) is 14.7. The fraction of sp³-hybridized carbons (Fsp3) is 1.00. The van der Waals surface area contributed by atoms with E-state index < -0.39 is 0 Å². The van der Waals surface area contributed by atoms with Crippen molar-refractivity contribution in [2.24, 2.45) is 5.92 Å². The molecule has 1 heterocycles. The number of nitrogens with one attached hydrogen (secondary N) is 1. The zero-order valence-corrected chi connectivity index (χ0v) is 15.0. The summed E-state index contributed by atoms with van der Waals surface area (Å²) in [4.78, 5) is 2.49. The first-order valence-electron chi connectivity index (χ1n) is 8.84. The molecule has 1 fully saturated rings. The van der Waals surface area contributed by atoms with E-state index in [0.717, 1.165) is 58.3 Å². The molecule has 4 nitrogen and oxygen atoms in total. The summed E-state index contributed by atoms with van der Waals surface area (Å²) in [7, 11) is 0. The Morgan fingerprint density at radius 3 is 2.71 bits per heavy atom. The van der Waals surface area contributed by atoms with Crippen LogP contribution in [0.5, 0.6) is 0 Å². The van der Waals surface area contributed by atoms with Gasteiger partial charge in [-0.1, -0.05) is 34.6 Å². The second-order valence-corrected chi connectivity index (χ2v) is 5.82. The van der Waals surface area contributed by atoms with Gasteiger partial charge in [-0.3, -0.25) is 4.90 Å². The maximum absolute atomic E-state index is 5.75. The summed E-state index contributed by atoms with van der Waals surface area (Å²) in [5, 5.41) is 3.38. The number of morpholine rings is 1. The van der Waals surface area contributed by atoms with Crippen LogP contribution in [0.3, 0.4) is 0 Å². The highest BCUT2D eigenvalue weighted by Gasteiger charge is 2.20. The summed E-state index contributed by atoms with van der Waals surface area (Å²) in [5.74, 6) is 0.726. The Hall–Kier alpha value is -0.160. The van der Waals surface area contributed by atoms with Crippen molar-refractivity contribution >= 4 is 0 Å². The summed E-state index contributed by atoms with van der Waals surface area (Å²) >= 11 is 0. The number of nitrogens with zero attached hydrogens (tertiary/aromatic N) is 1. The van der Waals surface area contributed by atoms with E-state index in [0.29, 0.717) is 0 Å². The van der Waals surface area contributed by atoms with Gasteiger partial charge in [0, 0.05) is 26.2 Å². The monoisotopic (exact) mass is 302 g/mol. The maximum atomic E-state index is 5.75. The van der Waals surface area contributed by atoms with Crippen LogP contribution in [0.1, 0.15) is 47.5 Å². The van der Waals surface area contributed by atoms with Crippen LogP contribution in [-0.2, 0) is 9.47 Å². The highest BCUT2D eigenvalue weighted by Crippen LogP contribution is 2.08. The molecule has 1 aliphatic heterocycles. The van der Waals surface area contributed by atoms with Crippen LogP contribution in [-0.4, -0.2) is 63.5 Å². The van der Waals surface area contributed by atoms with Crippen molar-refractivity contribution in [1.82, 2.24) is 10.2 Å². The van der Waals surface area contributed by atoms with E-state index in [4.69, 9.17) is 9.47 Å². The molecule has 0 aromatic rings. The number of rotatable bonds is 10. The molecule has 0 aromatic heterocycles. The molecule has 0 aliphatic carbocycles. The predicted octanol–water partition coefficient (Wildman–Crippen LogP) is 2.78. The Bertz CT molecular complexity index is 213. The molecule has 0 bridgehead atoms. The smallest absolute Gasteiger partial charge is 0.0935 e. The van der Waals surface area contributed by atoms with E-state index in [-0.39, 0.29) is 6.10 Å². The van der Waals surface area contributed by atoms with Crippen molar-refractivity contribution in [3.05, 3.63) is 0 Å². The molecule has 4 heteroatoms. The fourth-order valence-electron chi connectivity index (χ4n) is 2.38. The Morgan fingerprint density at radius 2 is 2.05 bits per heavy atom. The molecule has 1 N–H and O–H groups in total. The first-order valence-corrected chi connectivity index (χ1v) is 8.84. The molecule has 1 saturated heterocycles. The average molecular weight is 303 g/mol. The average Bonchev–Trinajstić information content (AvgIpc) is 2.48. The van der Waals surface area contributed by atoms with Gasteiger partial charge in [-0.05, 0) is 31.8 Å². The first kappa shape index (κ1) is 20.8. The molecule has 0 amide bonds. The van der Waals surface area contributed by atoms with Gasteiger partial charge in [-0.15, -0.1) is 0 Å². The normalized spacial score (nSPS) is 19.4. The third-order valence-corrected chi connectivity index (χ3v) is 3.22. The zero-order valence-electron chi connectivity index (χ0n) is 15.0. The van der Waals surface area contributed by atoms with Crippen molar-refractivity contribution in [2.75, 3.05) is 52.5 Å². The third-order valence-electron chi connectivity index (χ3n) is 3.22. The van der Waals surface area contributed by atoms with Crippen molar-refractivity contribution in [3.8, 4) is 0 Å². The van der Waals surface area contributed by atoms with Crippen molar-refractivity contribution < 1.29 is 9.47 Å². The number of hydrogen-bond donors (Lipinski definition) is 1. The highest BCUT2D eigenvalue weighted by atomic mass is 16.5. The SMILES string of the molecule is CC.CCCNCCCOCC1CN(CC(C)C)CCO1. The van der Waals surface area contributed by atoms with Gasteiger partial charge >= 0.3 is 0 Å². The number of hydrogen-bond acceptors (Lipinski definition) is 4. The molecule has 21 heavy (non-hydrogen) atoms. The Balaban J connectivity index is 0.00000191. The van der Waals surface area contributed by atoms with Crippen LogP contribution in [0.2, 0.25) is 0 Å². The lowest BCUT2D eigenvalue weighted by atomic mass is 10.2. The van der Waals surface area contributed by atoms with Crippen molar-refractivity contribution in [1.29, 1.82) is 0 Å². The molecular weight excluding hydrogens is 264 g/mol. The summed E-state index contributed by atoms with van der Waals surface area (Å²) in [6.45, 7) is 18.6. The summed E-state index contributed by atoms with van der Waals surface area (Å²) in [6, 6.07) is 0. The quantitative estimate of drug-likeness (QED) is 0.629. The fourth-order valence-corrected chi connectivity index (χ4v) is 2.38. The van der Waals surface area contributed by atoms with Gasteiger partial charge in [0.25, 0.3) is 0 Å². The minimum Gasteiger partial charge on any atom is -0.379 e. The molecule has 0 saturated carbocycles. The van der Waals surface area contributed by atoms with E-state index in [2.05, 4.69) is 31.0 Å². The van der Waals surface area contributed by atoms with Crippen LogP contribution >= 0.6 is 0 Å². The van der Waals surface area contributed by atoms with Gasteiger partial charge in [-0.2, -0.15) is 0 Å². The van der Waals surface area contributed by atoms with E-state index in [1.54, 1.807) is 0 Å².